The van der Waals surface area contributed by atoms with E-state index in [1.807, 2.05) is 26.0 Å². The fourth-order valence-corrected chi connectivity index (χ4v) is 3.61. The second-order valence-corrected chi connectivity index (χ2v) is 6.96. The van der Waals surface area contributed by atoms with E-state index in [0.717, 1.165) is 73.2 Å². The SMILES string of the molecule is CCN(Cc1nc(-c2ccc(OC)c(C)c2OC)oc1C)CC1CCCO1. The lowest BCUT2D eigenvalue weighted by molar-refractivity contribution is 0.0720. The van der Waals surface area contributed by atoms with Gasteiger partial charge in [-0.05, 0) is 45.4 Å². The van der Waals surface area contributed by atoms with Crippen LogP contribution in [0.3, 0.4) is 0 Å². The summed E-state index contributed by atoms with van der Waals surface area (Å²) in [6.45, 7) is 9.62. The maximum atomic E-state index is 6.00. The van der Waals surface area contributed by atoms with E-state index in [1.165, 1.54) is 0 Å². The first-order valence-corrected chi connectivity index (χ1v) is 9.59. The average Bonchev–Trinajstić information content (AvgIpc) is 3.30. The van der Waals surface area contributed by atoms with Gasteiger partial charge in [0.25, 0.3) is 0 Å². The molecule has 1 aromatic heterocycles. The third-order valence-electron chi connectivity index (χ3n) is 5.21. The molecule has 1 aliphatic heterocycles. The second kappa shape index (κ2) is 8.76. The van der Waals surface area contributed by atoms with Crippen molar-refractivity contribution in [3.63, 3.8) is 0 Å². The summed E-state index contributed by atoms with van der Waals surface area (Å²) in [6.07, 6.45) is 2.63. The van der Waals surface area contributed by atoms with Gasteiger partial charge in [0.1, 0.15) is 17.3 Å². The molecule has 1 unspecified atom stereocenters. The number of benzene rings is 1. The highest BCUT2D eigenvalue weighted by Crippen LogP contribution is 2.38. The van der Waals surface area contributed by atoms with Gasteiger partial charge in [-0.2, -0.15) is 0 Å². The molecular weight excluding hydrogens is 344 g/mol. The fourth-order valence-electron chi connectivity index (χ4n) is 3.61. The minimum atomic E-state index is 0.334. The van der Waals surface area contributed by atoms with Crippen LogP contribution in [0.5, 0.6) is 11.5 Å². The van der Waals surface area contributed by atoms with Crippen molar-refractivity contribution in [3.8, 4) is 23.0 Å². The van der Waals surface area contributed by atoms with E-state index in [0.29, 0.717) is 12.0 Å². The Balaban J connectivity index is 1.82. The third kappa shape index (κ3) is 4.28. The van der Waals surface area contributed by atoms with Crippen molar-refractivity contribution in [2.45, 2.75) is 46.3 Å². The molecule has 6 heteroatoms. The van der Waals surface area contributed by atoms with Crippen LogP contribution in [0.2, 0.25) is 0 Å². The summed E-state index contributed by atoms with van der Waals surface area (Å²) in [4.78, 5) is 7.14. The summed E-state index contributed by atoms with van der Waals surface area (Å²) in [5, 5.41) is 0. The van der Waals surface area contributed by atoms with Crippen LogP contribution in [0, 0.1) is 13.8 Å². The van der Waals surface area contributed by atoms with Gasteiger partial charge in [-0.25, -0.2) is 4.98 Å². The standard InChI is InChI=1S/C21H30N2O4/c1-6-23(12-16-8-7-11-26-16)13-18-15(3)27-21(22-18)17-9-10-19(24-4)14(2)20(17)25-5/h9-10,16H,6-8,11-13H2,1-5H3. The number of aromatic nitrogens is 1. The van der Waals surface area contributed by atoms with Gasteiger partial charge in [0.15, 0.2) is 0 Å². The Bertz CT molecular complexity index is 766. The van der Waals surface area contributed by atoms with Crippen molar-refractivity contribution < 1.29 is 18.6 Å². The highest BCUT2D eigenvalue weighted by Gasteiger charge is 2.22. The average molecular weight is 374 g/mol. The fraction of sp³-hybridized carbons (Fsp3) is 0.571. The molecule has 0 amide bonds. The first-order chi connectivity index (χ1) is 13.1. The zero-order valence-corrected chi connectivity index (χ0v) is 17.0. The van der Waals surface area contributed by atoms with Gasteiger partial charge in [0.2, 0.25) is 5.89 Å². The van der Waals surface area contributed by atoms with Crippen molar-refractivity contribution in [2.75, 3.05) is 33.9 Å². The monoisotopic (exact) mass is 374 g/mol. The van der Waals surface area contributed by atoms with Gasteiger partial charge in [-0.1, -0.05) is 6.92 Å². The number of likely N-dealkylation sites (N-methyl/N-ethyl adjacent to an activating group) is 1. The van der Waals surface area contributed by atoms with Gasteiger partial charge in [0, 0.05) is 25.3 Å². The number of ether oxygens (including phenoxy) is 3. The Morgan fingerprint density at radius 2 is 2.04 bits per heavy atom. The van der Waals surface area contributed by atoms with Gasteiger partial charge < -0.3 is 18.6 Å². The molecule has 0 bridgehead atoms. The van der Waals surface area contributed by atoms with E-state index in [2.05, 4.69) is 11.8 Å². The highest BCUT2D eigenvalue weighted by atomic mass is 16.5. The largest absolute Gasteiger partial charge is 0.496 e. The minimum Gasteiger partial charge on any atom is -0.496 e. The zero-order chi connectivity index (χ0) is 19.4. The lowest BCUT2D eigenvalue weighted by Crippen LogP contribution is -2.31. The molecule has 0 radical (unpaired) electrons. The van der Waals surface area contributed by atoms with Crippen LogP contribution < -0.4 is 9.47 Å². The summed E-state index contributed by atoms with van der Waals surface area (Å²) in [6, 6.07) is 3.85. The molecular formula is C21H30N2O4. The Kier molecular flexibility index (Phi) is 6.39. The van der Waals surface area contributed by atoms with E-state index < -0.39 is 0 Å². The van der Waals surface area contributed by atoms with Crippen molar-refractivity contribution >= 4 is 0 Å². The summed E-state index contributed by atoms with van der Waals surface area (Å²) >= 11 is 0. The lowest BCUT2D eigenvalue weighted by Gasteiger charge is -2.22. The molecule has 1 fully saturated rings. The number of nitrogens with zero attached hydrogens (tertiary/aromatic N) is 2. The number of hydrogen-bond acceptors (Lipinski definition) is 6. The second-order valence-electron chi connectivity index (χ2n) is 6.96. The Morgan fingerprint density at radius 1 is 1.22 bits per heavy atom. The smallest absolute Gasteiger partial charge is 0.230 e. The summed E-state index contributed by atoms with van der Waals surface area (Å²) < 4.78 is 22.8. The summed E-state index contributed by atoms with van der Waals surface area (Å²) in [5.41, 5.74) is 2.73. The summed E-state index contributed by atoms with van der Waals surface area (Å²) in [5.74, 6) is 2.94. The normalized spacial score (nSPS) is 16.9. The molecule has 1 atom stereocenters. The maximum absolute atomic E-state index is 6.00. The molecule has 0 spiro atoms. The van der Waals surface area contributed by atoms with Crippen molar-refractivity contribution in [1.29, 1.82) is 0 Å². The van der Waals surface area contributed by atoms with E-state index in [4.69, 9.17) is 23.6 Å². The van der Waals surface area contributed by atoms with E-state index >= 15 is 0 Å². The number of aryl methyl sites for hydroxylation is 1. The molecule has 2 aromatic rings. The quantitative estimate of drug-likeness (QED) is 0.697. The van der Waals surface area contributed by atoms with Gasteiger partial charge in [0.05, 0.1) is 31.6 Å². The van der Waals surface area contributed by atoms with Crippen molar-refractivity contribution in [2.24, 2.45) is 0 Å². The topological polar surface area (TPSA) is 57.0 Å². The predicted octanol–water partition coefficient (Wildman–Crippen LogP) is 3.98. The molecule has 27 heavy (non-hydrogen) atoms. The molecule has 1 aromatic carbocycles. The molecule has 0 aliphatic carbocycles. The molecule has 0 saturated carbocycles. The van der Waals surface area contributed by atoms with Gasteiger partial charge in [-0.15, -0.1) is 0 Å². The summed E-state index contributed by atoms with van der Waals surface area (Å²) in [7, 11) is 3.31. The minimum absolute atomic E-state index is 0.334. The molecule has 148 valence electrons. The van der Waals surface area contributed by atoms with E-state index in [-0.39, 0.29) is 0 Å². The number of rotatable bonds is 8. The van der Waals surface area contributed by atoms with E-state index in [9.17, 15) is 0 Å². The van der Waals surface area contributed by atoms with Crippen molar-refractivity contribution in [3.05, 3.63) is 29.2 Å². The molecule has 6 nitrogen and oxygen atoms in total. The Labute approximate surface area is 161 Å². The maximum Gasteiger partial charge on any atom is 0.230 e. The van der Waals surface area contributed by atoms with Crippen molar-refractivity contribution in [1.82, 2.24) is 9.88 Å². The van der Waals surface area contributed by atoms with Crippen LogP contribution in [0.4, 0.5) is 0 Å². The van der Waals surface area contributed by atoms with Crippen LogP contribution in [-0.2, 0) is 11.3 Å². The molecule has 0 N–H and O–H groups in total. The number of hydrogen-bond donors (Lipinski definition) is 0. The first kappa shape index (κ1) is 19.7. The lowest BCUT2D eigenvalue weighted by atomic mass is 10.1. The van der Waals surface area contributed by atoms with Crippen LogP contribution in [-0.4, -0.2) is 49.9 Å². The third-order valence-corrected chi connectivity index (χ3v) is 5.21. The zero-order valence-electron chi connectivity index (χ0n) is 17.0. The van der Waals surface area contributed by atoms with Gasteiger partial charge >= 0.3 is 0 Å². The highest BCUT2D eigenvalue weighted by molar-refractivity contribution is 5.68. The Morgan fingerprint density at radius 3 is 2.67 bits per heavy atom. The van der Waals surface area contributed by atoms with E-state index in [1.54, 1.807) is 14.2 Å². The molecule has 3 rings (SSSR count). The number of methoxy groups -OCH3 is 2. The predicted molar refractivity (Wildman–Crippen MR) is 104 cm³/mol. The van der Waals surface area contributed by atoms with Crippen LogP contribution in [0.15, 0.2) is 16.5 Å². The molecule has 2 heterocycles. The number of oxazole rings is 1. The van der Waals surface area contributed by atoms with Crippen LogP contribution >= 0.6 is 0 Å². The molecule has 1 saturated heterocycles. The van der Waals surface area contributed by atoms with Gasteiger partial charge in [-0.3, -0.25) is 4.90 Å². The first-order valence-electron chi connectivity index (χ1n) is 9.59. The van der Waals surface area contributed by atoms with Crippen LogP contribution in [0.1, 0.15) is 36.8 Å². The van der Waals surface area contributed by atoms with Crippen LogP contribution in [0.25, 0.3) is 11.5 Å². The Hall–Kier alpha value is -2.05. The molecule has 1 aliphatic rings.